The van der Waals surface area contributed by atoms with Crippen LogP contribution in [-0.4, -0.2) is 11.6 Å². The van der Waals surface area contributed by atoms with Gasteiger partial charge < -0.3 is 0 Å². The number of carbonyl (C=O) groups excluding carboxylic acids is 2. The molecule has 2 heteroatoms. The Bertz CT molecular complexity index is 263. The van der Waals surface area contributed by atoms with E-state index in [2.05, 4.69) is 0 Å². The third kappa shape index (κ3) is 0.585. The lowest BCUT2D eigenvalue weighted by Crippen LogP contribution is -2.28. The zero-order valence-electron chi connectivity index (χ0n) is 6.30. The lowest BCUT2D eigenvalue weighted by molar-refractivity contribution is -0.135. The predicted molar refractivity (Wildman–Crippen MR) is 37.9 cm³/mol. The van der Waals surface area contributed by atoms with Crippen molar-refractivity contribution in [3.05, 3.63) is 0 Å². The molecule has 0 unspecified atom stereocenters. The summed E-state index contributed by atoms with van der Waals surface area (Å²) in [6.07, 6.45) is 3.42. The number of ketones is 2. The van der Waals surface area contributed by atoms with E-state index in [1.807, 2.05) is 0 Å². The van der Waals surface area contributed by atoms with Crippen LogP contribution in [0, 0.1) is 17.3 Å². The molecule has 2 atom stereocenters. The Balaban J connectivity index is 1.98. The topological polar surface area (TPSA) is 34.1 Å². The van der Waals surface area contributed by atoms with Crippen LogP contribution in [0.4, 0.5) is 0 Å². The minimum atomic E-state index is -0.116. The molecule has 3 aliphatic carbocycles. The highest BCUT2D eigenvalue weighted by molar-refractivity contribution is 6.05. The molecule has 3 fully saturated rings. The van der Waals surface area contributed by atoms with Gasteiger partial charge in [0.15, 0.2) is 0 Å². The molecule has 0 amide bonds. The van der Waals surface area contributed by atoms with E-state index in [9.17, 15) is 9.59 Å². The predicted octanol–water partition coefficient (Wildman–Crippen LogP) is 0.945. The Morgan fingerprint density at radius 3 is 2.55 bits per heavy atom. The summed E-state index contributed by atoms with van der Waals surface area (Å²) in [7, 11) is 0. The highest BCUT2D eigenvalue weighted by atomic mass is 16.1. The Labute approximate surface area is 65.0 Å². The summed E-state index contributed by atoms with van der Waals surface area (Å²) in [5.74, 6) is 1.11. The maximum Gasteiger partial charge on any atom is 0.143 e. The average molecular weight is 150 g/mol. The van der Waals surface area contributed by atoms with Gasteiger partial charge in [0.2, 0.25) is 0 Å². The number of fused-ring (bicyclic) bond motifs is 1. The van der Waals surface area contributed by atoms with Crippen LogP contribution in [0.2, 0.25) is 0 Å². The molecule has 11 heavy (non-hydrogen) atoms. The monoisotopic (exact) mass is 150 g/mol. The fraction of sp³-hybridized carbons (Fsp3) is 0.778. The van der Waals surface area contributed by atoms with Gasteiger partial charge in [-0.2, -0.15) is 0 Å². The fourth-order valence-electron chi connectivity index (χ4n) is 2.36. The second-order valence-corrected chi connectivity index (χ2v) is 4.24. The second kappa shape index (κ2) is 1.43. The number of rotatable bonds is 0. The fourth-order valence-corrected chi connectivity index (χ4v) is 2.36. The summed E-state index contributed by atoms with van der Waals surface area (Å²) in [6, 6.07) is 0. The van der Waals surface area contributed by atoms with Gasteiger partial charge in [-0.1, -0.05) is 0 Å². The Morgan fingerprint density at radius 1 is 1.18 bits per heavy atom. The van der Waals surface area contributed by atoms with E-state index in [0.29, 0.717) is 18.0 Å². The molecule has 0 N–H and O–H groups in total. The Kier molecular flexibility index (Phi) is 0.768. The number of Topliss-reactive ketones (excluding diaryl/α,β-unsaturated/α-hetero) is 2. The van der Waals surface area contributed by atoms with Gasteiger partial charge in [0.1, 0.15) is 11.6 Å². The van der Waals surface area contributed by atoms with Gasteiger partial charge in [-0.3, -0.25) is 9.59 Å². The first-order chi connectivity index (χ1) is 5.23. The van der Waals surface area contributed by atoms with Crippen LogP contribution in [0.5, 0.6) is 0 Å². The van der Waals surface area contributed by atoms with E-state index in [4.69, 9.17) is 0 Å². The molecule has 0 aliphatic heterocycles. The van der Waals surface area contributed by atoms with Crippen molar-refractivity contribution < 1.29 is 9.59 Å². The normalized spacial score (nSPS) is 44.0. The smallest absolute Gasteiger partial charge is 0.143 e. The van der Waals surface area contributed by atoms with Gasteiger partial charge >= 0.3 is 0 Å². The highest BCUT2D eigenvalue weighted by Gasteiger charge is 2.64. The molecule has 0 bridgehead atoms. The second-order valence-electron chi connectivity index (χ2n) is 4.24. The van der Waals surface area contributed by atoms with Crippen LogP contribution < -0.4 is 0 Å². The molecule has 3 aliphatic rings. The summed E-state index contributed by atoms with van der Waals surface area (Å²) >= 11 is 0. The minimum absolute atomic E-state index is 0.116. The summed E-state index contributed by atoms with van der Waals surface area (Å²) in [4.78, 5) is 22.8. The SMILES string of the molecule is O=C1CC2(CC2)C(=O)[C@@H]2C[C@H]12. The average Bonchev–Trinajstić information content (AvgIpc) is 2.80. The van der Waals surface area contributed by atoms with E-state index >= 15 is 0 Å². The van der Waals surface area contributed by atoms with Crippen molar-refractivity contribution in [3.8, 4) is 0 Å². The molecular weight excluding hydrogens is 140 g/mol. The molecule has 0 radical (unpaired) electrons. The third-order valence-electron chi connectivity index (χ3n) is 3.43. The van der Waals surface area contributed by atoms with Crippen LogP contribution in [0.1, 0.15) is 25.7 Å². The van der Waals surface area contributed by atoms with Crippen LogP contribution >= 0.6 is 0 Å². The van der Waals surface area contributed by atoms with Crippen molar-refractivity contribution in [2.45, 2.75) is 25.7 Å². The first-order valence-corrected chi connectivity index (χ1v) is 4.30. The standard InChI is InChI=1S/C9H10O2/c10-7-4-9(1-2-9)8(11)6-3-5(6)7/h5-6H,1-4H2/t5-,6+/m0/s1. The van der Waals surface area contributed by atoms with Crippen molar-refractivity contribution in [3.63, 3.8) is 0 Å². The van der Waals surface area contributed by atoms with E-state index in [1.165, 1.54) is 0 Å². The molecule has 1 spiro atoms. The zero-order valence-corrected chi connectivity index (χ0v) is 6.30. The summed E-state index contributed by atoms with van der Waals surface area (Å²) < 4.78 is 0. The molecule has 3 rings (SSSR count). The quantitative estimate of drug-likeness (QED) is 0.515. The van der Waals surface area contributed by atoms with Crippen LogP contribution in [0.15, 0.2) is 0 Å². The molecule has 0 aromatic heterocycles. The van der Waals surface area contributed by atoms with Gasteiger partial charge in [0, 0.05) is 23.7 Å². The first kappa shape index (κ1) is 5.92. The largest absolute Gasteiger partial charge is 0.299 e. The van der Waals surface area contributed by atoms with Crippen LogP contribution in [-0.2, 0) is 9.59 Å². The lowest BCUT2D eigenvalue weighted by atomic mass is 9.84. The maximum absolute atomic E-state index is 11.5. The zero-order chi connectivity index (χ0) is 7.64. The Hall–Kier alpha value is -0.660. The number of hydrogen-bond acceptors (Lipinski definition) is 2. The third-order valence-corrected chi connectivity index (χ3v) is 3.43. The van der Waals surface area contributed by atoms with Crippen molar-refractivity contribution in [1.82, 2.24) is 0 Å². The van der Waals surface area contributed by atoms with Gasteiger partial charge in [-0.25, -0.2) is 0 Å². The van der Waals surface area contributed by atoms with Gasteiger partial charge in [-0.05, 0) is 19.3 Å². The van der Waals surface area contributed by atoms with Crippen molar-refractivity contribution in [1.29, 1.82) is 0 Å². The van der Waals surface area contributed by atoms with Crippen LogP contribution in [0.25, 0.3) is 0 Å². The van der Waals surface area contributed by atoms with Gasteiger partial charge in [-0.15, -0.1) is 0 Å². The van der Waals surface area contributed by atoms with E-state index in [-0.39, 0.29) is 17.3 Å². The lowest BCUT2D eigenvalue weighted by Gasteiger charge is -2.17. The van der Waals surface area contributed by atoms with E-state index < -0.39 is 0 Å². The van der Waals surface area contributed by atoms with E-state index in [0.717, 1.165) is 19.3 Å². The van der Waals surface area contributed by atoms with Crippen molar-refractivity contribution >= 4 is 11.6 Å². The molecule has 0 aromatic carbocycles. The summed E-state index contributed by atoms with van der Waals surface area (Å²) in [5, 5.41) is 0. The molecule has 0 heterocycles. The maximum atomic E-state index is 11.5. The van der Waals surface area contributed by atoms with Crippen molar-refractivity contribution in [2.24, 2.45) is 17.3 Å². The molecule has 58 valence electrons. The first-order valence-electron chi connectivity index (χ1n) is 4.30. The van der Waals surface area contributed by atoms with Crippen molar-refractivity contribution in [2.75, 3.05) is 0 Å². The highest BCUT2D eigenvalue weighted by Crippen LogP contribution is 2.61. The number of hydrogen-bond donors (Lipinski definition) is 0. The molecule has 0 aromatic rings. The van der Waals surface area contributed by atoms with Gasteiger partial charge in [0.05, 0.1) is 0 Å². The van der Waals surface area contributed by atoms with Gasteiger partial charge in [0.25, 0.3) is 0 Å². The molecular formula is C9H10O2. The Morgan fingerprint density at radius 2 is 1.91 bits per heavy atom. The molecule has 2 nitrogen and oxygen atoms in total. The molecule has 0 saturated heterocycles. The molecule has 3 saturated carbocycles. The van der Waals surface area contributed by atoms with E-state index in [1.54, 1.807) is 0 Å². The van der Waals surface area contributed by atoms with Crippen LogP contribution in [0.3, 0.4) is 0 Å². The minimum Gasteiger partial charge on any atom is -0.299 e. The summed E-state index contributed by atoms with van der Waals surface area (Å²) in [6.45, 7) is 0. The number of carbonyl (C=O) groups is 2. The summed E-state index contributed by atoms with van der Waals surface area (Å²) in [5.41, 5.74) is -0.116.